The van der Waals surface area contributed by atoms with Crippen molar-refractivity contribution in [2.45, 2.75) is 37.9 Å². The molecule has 1 atom stereocenters. The van der Waals surface area contributed by atoms with Gasteiger partial charge in [-0.2, -0.15) is 0 Å². The molecule has 0 saturated carbocycles. The molecule has 2 saturated heterocycles. The standard InChI is InChI=1S/C14H22N2O3S2/c1-11-13(18)16(14(20)21-11)6-4-2-3-5-12(17)15-7-9-19-10-8-15/h11H,2-10H2,1H3. The number of hydrogen-bond acceptors (Lipinski definition) is 5. The summed E-state index contributed by atoms with van der Waals surface area (Å²) in [6, 6.07) is 0. The van der Waals surface area contributed by atoms with Crippen LogP contribution >= 0.6 is 24.0 Å². The average molecular weight is 330 g/mol. The summed E-state index contributed by atoms with van der Waals surface area (Å²) in [5.41, 5.74) is 0. The second kappa shape index (κ2) is 8.10. The van der Waals surface area contributed by atoms with Gasteiger partial charge in [-0.05, 0) is 19.8 Å². The largest absolute Gasteiger partial charge is 0.378 e. The topological polar surface area (TPSA) is 49.9 Å². The van der Waals surface area contributed by atoms with E-state index in [2.05, 4.69) is 0 Å². The second-order valence-electron chi connectivity index (χ2n) is 5.32. The highest BCUT2D eigenvalue weighted by atomic mass is 32.2. The molecule has 2 amide bonds. The normalized spacial score (nSPS) is 23.0. The molecule has 2 aliphatic heterocycles. The summed E-state index contributed by atoms with van der Waals surface area (Å²) in [7, 11) is 0. The molecule has 1 unspecified atom stereocenters. The maximum absolute atomic E-state index is 11.9. The van der Waals surface area contributed by atoms with Crippen LogP contribution in [0.5, 0.6) is 0 Å². The van der Waals surface area contributed by atoms with Crippen LogP contribution in [0, 0.1) is 0 Å². The minimum atomic E-state index is -0.0413. The SMILES string of the molecule is CC1SC(=S)N(CCCCCC(=O)N2CCOCC2)C1=O. The molecule has 5 nitrogen and oxygen atoms in total. The van der Waals surface area contributed by atoms with Gasteiger partial charge in [-0.3, -0.25) is 14.5 Å². The number of thiocarbonyl (C=S) groups is 1. The van der Waals surface area contributed by atoms with E-state index in [9.17, 15) is 9.59 Å². The summed E-state index contributed by atoms with van der Waals surface area (Å²) in [5.74, 6) is 0.338. The zero-order chi connectivity index (χ0) is 15.2. The lowest BCUT2D eigenvalue weighted by molar-refractivity contribution is -0.135. The molecule has 0 aromatic heterocycles. The molecule has 2 fully saturated rings. The van der Waals surface area contributed by atoms with E-state index in [0.717, 1.165) is 19.3 Å². The van der Waals surface area contributed by atoms with Crippen LogP contribution in [0.4, 0.5) is 0 Å². The van der Waals surface area contributed by atoms with Crippen LogP contribution in [0.3, 0.4) is 0 Å². The molecule has 2 rings (SSSR count). The molecule has 0 bridgehead atoms. The van der Waals surface area contributed by atoms with Crippen molar-refractivity contribution in [2.24, 2.45) is 0 Å². The van der Waals surface area contributed by atoms with Crippen molar-refractivity contribution in [1.82, 2.24) is 9.80 Å². The minimum Gasteiger partial charge on any atom is -0.378 e. The Morgan fingerprint density at radius 3 is 2.67 bits per heavy atom. The Morgan fingerprint density at radius 1 is 1.33 bits per heavy atom. The van der Waals surface area contributed by atoms with Gasteiger partial charge in [0.15, 0.2) is 0 Å². The van der Waals surface area contributed by atoms with Gasteiger partial charge in [0.05, 0.1) is 18.5 Å². The number of hydrogen-bond donors (Lipinski definition) is 0. The number of amides is 2. The third kappa shape index (κ3) is 4.66. The summed E-state index contributed by atoms with van der Waals surface area (Å²) in [6.45, 7) is 5.29. The van der Waals surface area contributed by atoms with E-state index in [1.54, 1.807) is 4.90 Å². The van der Waals surface area contributed by atoms with Crippen molar-refractivity contribution in [1.29, 1.82) is 0 Å². The number of carbonyl (C=O) groups is 2. The highest BCUT2D eigenvalue weighted by Gasteiger charge is 2.32. The Hall–Kier alpha value is -0.660. The summed E-state index contributed by atoms with van der Waals surface area (Å²) in [5, 5.41) is -0.0413. The Balaban J connectivity index is 1.58. The first-order valence-corrected chi connectivity index (χ1v) is 8.76. The van der Waals surface area contributed by atoms with Gasteiger partial charge in [0.1, 0.15) is 4.32 Å². The fraction of sp³-hybridized carbons (Fsp3) is 0.786. The van der Waals surface area contributed by atoms with Gasteiger partial charge in [0.25, 0.3) is 0 Å². The fourth-order valence-corrected chi connectivity index (χ4v) is 3.92. The Labute approximate surface area is 135 Å². The average Bonchev–Trinajstić information content (AvgIpc) is 2.73. The van der Waals surface area contributed by atoms with Crippen molar-refractivity contribution in [3.63, 3.8) is 0 Å². The number of carbonyl (C=O) groups excluding carboxylic acids is 2. The molecule has 118 valence electrons. The van der Waals surface area contributed by atoms with Gasteiger partial charge >= 0.3 is 0 Å². The van der Waals surface area contributed by atoms with Gasteiger partial charge in [-0.15, -0.1) is 0 Å². The number of morpholine rings is 1. The second-order valence-corrected chi connectivity index (χ2v) is 7.29. The van der Waals surface area contributed by atoms with E-state index in [4.69, 9.17) is 17.0 Å². The number of unbranched alkanes of at least 4 members (excludes halogenated alkanes) is 2. The van der Waals surface area contributed by atoms with Crippen LogP contribution < -0.4 is 0 Å². The van der Waals surface area contributed by atoms with Gasteiger partial charge in [-0.25, -0.2) is 0 Å². The lowest BCUT2D eigenvalue weighted by Crippen LogP contribution is -2.40. The van der Waals surface area contributed by atoms with Crippen molar-refractivity contribution in [3.05, 3.63) is 0 Å². The molecule has 0 spiro atoms. The first kappa shape index (κ1) is 16.7. The predicted molar refractivity (Wildman–Crippen MR) is 87.2 cm³/mol. The molecule has 2 aliphatic rings. The first-order valence-electron chi connectivity index (χ1n) is 7.47. The zero-order valence-electron chi connectivity index (χ0n) is 12.4. The molecule has 0 aromatic carbocycles. The van der Waals surface area contributed by atoms with Gasteiger partial charge in [0.2, 0.25) is 11.8 Å². The zero-order valence-corrected chi connectivity index (χ0v) is 14.0. The summed E-state index contributed by atoms with van der Waals surface area (Å²) >= 11 is 6.65. The third-order valence-corrected chi connectivity index (χ3v) is 5.23. The predicted octanol–water partition coefficient (Wildman–Crippen LogP) is 1.65. The van der Waals surface area contributed by atoms with E-state index in [-0.39, 0.29) is 17.1 Å². The van der Waals surface area contributed by atoms with Crippen LogP contribution in [0.25, 0.3) is 0 Å². The monoisotopic (exact) mass is 330 g/mol. The van der Waals surface area contributed by atoms with Crippen molar-refractivity contribution in [3.8, 4) is 0 Å². The number of nitrogens with zero attached hydrogens (tertiary/aromatic N) is 2. The van der Waals surface area contributed by atoms with Crippen molar-refractivity contribution < 1.29 is 14.3 Å². The number of thioether (sulfide) groups is 1. The quantitative estimate of drug-likeness (QED) is 0.547. The molecule has 2 heterocycles. The molecule has 0 aliphatic carbocycles. The van der Waals surface area contributed by atoms with E-state index < -0.39 is 0 Å². The lowest BCUT2D eigenvalue weighted by atomic mass is 10.1. The number of rotatable bonds is 6. The van der Waals surface area contributed by atoms with Gasteiger partial charge < -0.3 is 9.64 Å². The highest BCUT2D eigenvalue weighted by molar-refractivity contribution is 8.24. The maximum Gasteiger partial charge on any atom is 0.241 e. The Kier molecular flexibility index (Phi) is 6.44. The summed E-state index contributed by atoms with van der Waals surface area (Å²) < 4.78 is 5.92. The van der Waals surface area contributed by atoms with Crippen LogP contribution in [0.1, 0.15) is 32.6 Å². The third-order valence-electron chi connectivity index (χ3n) is 3.75. The highest BCUT2D eigenvalue weighted by Crippen LogP contribution is 2.27. The minimum absolute atomic E-state index is 0.0413. The first-order chi connectivity index (χ1) is 10.1. The van der Waals surface area contributed by atoms with E-state index in [1.807, 2.05) is 11.8 Å². The summed E-state index contributed by atoms with van der Waals surface area (Å²) in [6.07, 6.45) is 3.30. The van der Waals surface area contributed by atoms with E-state index in [1.165, 1.54) is 11.8 Å². The van der Waals surface area contributed by atoms with E-state index >= 15 is 0 Å². The molecule has 0 aromatic rings. The fourth-order valence-electron chi connectivity index (χ4n) is 2.47. The Morgan fingerprint density at radius 2 is 2.05 bits per heavy atom. The van der Waals surface area contributed by atoms with E-state index in [0.29, 0.717) is 43.6 Å². The van der Waals surface area contributed by atoms with Crippen LogP contribution in [0.15, 0.2) is 0 Å². The molecule has 7 heteroatoms. The maximum atomic E-state index is 11.9. The van der Waals surface area contributed by atoms with Crippen LogP contribution in [0.2, 0.25) is 0 Å². The molecule has 0 radical (unpaired) electrons. The van der Waals surface area contributed by atoms with Gasteiger partial charge in [0, 0.05) is 26.1 Å². The van der Waals surface area contributed by atoms with Gasteiger partial charge in [-0.1, -0.05) is 30.4 Å². The van der Waals surface area contributed by atoms with Crippen molar-refractivity contribution in [2.75, 3.05) is 32.8 Å². The molecular weight excluding hydrogens is 308 g/mol. The number of ether oxygens (including phenoxy) is 1. The van der Waals surface area contributed by atoms with Crippen LogP contribution in [-0.2, 0) is 14.3 Å². The van der Waals surface area contributed by atoms with Crippen LogP contribution in [-0.4, -0.2) is 64.0 Å². The molecule has 0 N–H and O–H groups in total. The summed E-state index contributed by atoms with van der Waals surface area (Å²) in [4.78, 5) is 27.4. The van der Waals surface area contributed by atoms with Crippen molar-refractivity contribution >= 4 is 40.1 Å². The smallest absolute Gasteiger partial charge is 0.241 e. The Bertz CT molecular complexity index is 411. The molecular formula is C14H22N2O3S2. The molecule has 21 heavy (non-hydrogen) atoms. The lowest BCUT2D eigenvalue weighted by Gasteiger charge is -2.26.